The molecule has 0 spiro atoms. The number of nitrogens with zero attached hydrogens (tertiary/aromatic N) is 2. The van der Waals surface area contributed by atoms with Crippen LogP contribution in [0.3, 0.4) is 0 Å². The number of pyridine rings is 1. The van der Waals surface area contributed by atoms with Gasteiger partial charge in [0.15, 0.2) is 0 Å². The highest BCUT2D eigenvalue weighted by molar-refractivity contribution is 5.88. The molecule has 0 radical (unpaired) electrons. The van der Waals surface area contributed by atoms with Gasteiger partial charge in [-0.15, -0.1) is 0 Å². The van der Waals surface area contributed by atoms with E-state index in [9.17, 15) is 9.59 Å². The summed E-state index contributed by atoms with van der Waals surface area (Å²) in [4.78, 5) is 33.0. The normalized spacial score (nSPS) is 11.4. The number of nitrogens with one attached hydrogen (secondary N) is 1. The van der Waals surface area contributed by atoms with Crippen LogP contribution in [0, 0.1) is 0 Å². The fourth-order valence-electron chi connectivity index (χ4n) is 4.04. The summed E-state index contributed by atoms with van der Waals surface area (Å²) in [6, 6.07) is 32.2. The van der Waals surface area contributed by atoms with E-state index in [-0.39, 0.29) is 11.8 Å². The number of amides is 2. The number of carbonyl (C=O) groups is 2. The summed E-state index contributed by atoms with van der Waals surface area (Å²) in [5.41, 5.74) is 3.80. The molecule has 5 heteroatoms. The molecular weight excluding hydrogens is 434 g/mol. The molecule has 35 heavy (non-hydrogen) atoms. The average molecular weight is 464 g/mol. The number of hydrogen-bond acceptors (Lipinski definition) is 3. The van der Waals surface area contributed by atoms with Crippen molar-refractivity contribution >= 4 is 11.8 Å². The van der Waals surface area contributed by atoms with E-state index in [0.29, 0.717) is 25.9 Å². The largest absolute Gasteiger partial charge is 0.350 e. The van der Waals surface area contributed by atoms with E-state index in [1.165, 1.54) is 0 Å². The van der Waals surface area contributed by atoms with Gasteiger partial charge in [-0.05, 0) is 40.8 Å². The summed E-state index contributed by atoms with van der Waals surface area (Å²) < 4.78 is 0. The van der Waals surface area contributed by atoms with E-state index in [2.05, 4.69) is 10.3 Å². The van der Waals surface area contributed by atoms with Crippen molar-refractivity contribution in [3.63, 3.8) is 0 Å². The maximum Gasteiger partial charge on any atom is 0.247 e. The third kappa shape index (κ3) is 6.87. The average Bonchev–Trinajstić information content (AvgIpc) is 2.92. The van der Waals surface area contributed by atoms with Gasteiger partial charge in [-0.2, -0.15) is 0 Å². The Kier molecular flexibility index (Phi) is 8.38. The molecule has 0 unspecified atom stereocenters. The van der Waals surface area contributed by atoms with Crippen LogP contribution in [0.15, 0.2) is 116 Å². The van der Waals surface area contributed by atoms with Crippen molar-refractivity contribution in [1.82, 2.24) is 15.2 Å². The van der Waals surface area contributed by atoms with Gasteiger partial charge in [-0.3, -0.25) is 14.6 Å². The molecule has 0 bridgehead atoms. The van der Waals surface area contributed by atoms with Gasteiger partial charge in [0, 0.05) is 31.9 Å². The van der Waals surface area contributed by atoms with Gasteiger partial charge in [0.25, 0.3) is 0 Å². The van der Waals surface area contributed by atoms with Gasteiger partial charge in [-0.1, -0.05) is 91.0 Å². The molecule has 1 aromatic heterocycles. The minimum atomic E-state index is -0.749. The van der Waals surface area contributed by atoms with E-state index in [1.807, 2.05) is 103 Å². The molecule has 0 aliphatic heterocycles. The summed E-state index contributed by atoms with van der Waals surface area (Å²) in [6.45, 7) is 0.707. The van der Waals surface area contributed by atoms with E-state index in [1.54, 1.807) is 17.3 Å². The molecule has 3 aromatic carbocycles. The maximum atomic E-state index is 13.7. The standard InChI is InChI=1S/C30H29N3O2/c34-28(17-16-24-10-4-1-5-11-24)33(23-26-12-6-2-7-13-26)29(27-14-8-3-9-15-27)30(35)32-22-25-18-20-31-21-19-25/h1-15,18-21,29H,16-17,22-23H2,(H,32,35)/t29-/m1/s1. The fraction of sp³-hybridized carbons (Fsp3) is 0.167. The lowest BCUT2D eigenvalue weighted by molar-refractivity contribution is -0.141. The minimum Gasteiger partial charge on any atom is -0.350 e. The van der Waals surface area contributed by atoms with Crippen molar-refractivity contribution in [2.75, 3.05) is 0 Å². The van der Waals surface area contributed by atoms with Gasteiger partial charge in [0.05, 0.1) is 0 Å². The third-order valence-corrected chi connectivity index (χ3v) is 5.88. The van der Waals surface area contributed by atoms with Crippen molar-refractivity contribution in [3.8, 4) is 0 Å². The molecule has 1 heterocycles. The van der Waals surface area contributed by atoms with E-state index < -0.39 is 6.04 Å². The molecule has 4 aromatic rings. The highest BCUT2D eigenvalue weighted by Crippen LogP contribution is 2.25. The van der Waals surface area contributed by atoms with Gasteiger partial charge in [0.1, 0.15) is 6.04 Å². The van der Waals surface area contributed by atoms with Crippen LogP contribution < -0.4 is 5.32 Å². The first kappa shape index (κ1) is 23.9. The zero-order chi connectivity index (χ0) is 24.3. The topological polar surface area (TPSA) is 62.3 Å². The highest BCUT2D eigenvalue weighted by Gasteiger charge is 2.31. The van der Waals surface area contributed by atoms with Crippen molar-refractivity contribution in [2.24, 2.45) is 0 Å². The van der Waals surface area contributed by atoms with Gasteiger partial charge >= 0.3 is 0 Å². The van der Waals surface area contributed by atoms with Crippen molar-refractivity contribution in [3.05, 3.63) is 138 Å². The molecule has 1 N–H and O–H groups in total. The Morgan fingerprint density at radius 3 is 1.91 bits per heavy atom. The van der Waals surface area contributed by atoms with Crippen LogP contribution in [0.25, 0.3) is 0 Å². The molecule has 0 saturated carbocycles. The summed E-state index contributed by atoms with van der Waals surface area (Å²) in [5.74, 6) is -0.275. The first-order valence-electron chi connectivity index (χ1n) is 11.8. The van der Waals surface area contributed by atoms with Gasteiger partial charge < -0.3 is 10.2 Å². The molecule has 0 aliphatic carbocycles. The first-order chi connectivity index (χ1) is 17.2. The molecule has 176 valence electrons. The second-order valence-electron chi connectivity index (χ2n) is 8.38. The van der Waals surface area contributed by atoms with Crippen LogP contribution >= 0.6 is 0 Å². The molecule has 0 fully saturated rings. The zero-order valence-corrected chi connectivity index (χ0v) is 19.6. The monoisotopic (exact) mass is 463 g/mol. The Labute approximate surface area is 206 Å². The first-order valence-corrected chi connectivity index (χ1v) is 11.8. The van der Waals surface area contributed by atoms with Crippen LogP contribution in [0.5, 0.6) is 0 Å². The van der Waals surface area contributed by atoms with Gasteiger partial charge in [-0.25, -0.2) is 0 Å². The number of carbonyl (C=O) groups excluding carboxylic acids is 2. The molecule has 1 atom stereocenters. The lowest BCUT2D eigenvalue weighted by Gasteiger charge is -2.32. The second kappa shape index (κ2) is 12.3. The van der Waals surface area contributed by atoms with Crippen LogP contribution in [-0.2, 0) is 29.1 Å². The molecular formula is C30H29N3O2. The molecule has 0 aliphatic rings. The summed E-state index contributed by atoms with van der Waals surface area (Å²) in [6.07, 6.45) is 4.33. The zero-order valence-electron chi connectivity index (χ0n) is 19.6. The van der Waals surface area contributed by atoms with Crippen molar-refractivity contribution in [2.45, 2.75) is 32.0 Å². The number of aromatic nitrogens is 1. The van der Waals surface area contributed by atoms with E-state index in [4.69, 9.17) is 0 Å². The summed E-state index contributed by atoms with van der Waals surface area (Å²) in [5, 5.41) is 3.03. The quantitative estimate of drug-likeness (QED) is 0.356. The summed E-state index contributed by atoms with van der Waals surface area (Å²) >= 11 is 0. The molecule has 0 saturated heterocycles. The molecule has 5 nitrogen and oxygen atoms in total. The predicted molar refractivity (Wildman–Crippen MR) is 137 cm³/mol. The summed E-state index contributed by atoms with van der Waals surface area (Å²) in [7, 11) is 0. The Hall–Kier alpha value is -4.25. The van der Waals surface area contributed by atoms with Crippen LogP contribution in [0.2, 0.25) is 0 Å². The van der Waals surface area contributed by atoms with Crippen molar-refractivity contribution in [1.29, 1.82) is 0 Å². The fourth-order valence-corrected chi connectivity index (χ4v) is 4.04. The SMILES string of the molecule is O=C(NCc1ccncc1)[C@@H](c1ccccc1)N(Cc1ccccc1)C(=O)CCc1ccccc1. The maximum absolute atomic E-state index is 13.7. The Bertz CT molecular complexity index is 1200. The Morgan fingerprint density at radius 1 is 0.714 bits per heavy atom. The van der Waals surface area contributed by atoms with E-state index in [0.717, 1.165) is 22.3 Å². The highest BCUT2D eigenvalue weighted by atomic mass is 16.2. The van der Waals surface area contributed by atoms with Crippen LogP contribution in [0.4, 0.5) is 0 Å². The molecule has 2 amide bonds. The second-order valence-corrected chi connectivity index (χ2v) is 8.38. The number of rotatable bonds is 10. The number of aryl methyl sites for hydroxylation is 1. The predicted octanol–water partition coefficient (Wildman–Crippen LogP) is 5.10. The Morgan fingerprint density at radius 2 is 1.29 bits per heavy atom. The smallest absolute Gasteiger partial charge is 0.247 e. The minimum absolute atomic E-state index is 0.0642. The lowest BCUT2D eigenvalue weighted by Crippen LogP contribution is -2.43. The third-order valence-electron chi connectivity index (χ3n) is 5.88. The Balaban J connectivity index is 1.61. The lowest BCUT2D eigenvalue weighted by atomic mass is 10.0. The number of hydrogen-bond donors (Lipinski definition) is 1. The van der Waals surface area contributed by atoms with E-state index >= 15 is 0 Å². The van der Waals surface area contributed by atoms with Crippen LogP contribution in [-0.4, -0.2) is 21.7 Å². The van der Waals surface area contributed by atoms with Crippen LogP contribution in [0.1, 0.15) is 34.7 Å². The number of benzene rings is 3. The molecule has 4 rings (SSSR count). The van der Waals surface area contributed by atoms with Crippen molar-refractivity contribution < 1.29 is 9.59 Å². The van der Waals surface area contributed by atoms with Gasteiger partial charge in [0.2, 0.25) is 11.8 Å².